The summed E-state index contributed by atoms with van der Waals surface area (Å²) in [5.41, 5.74) is 2.85. The number of amides is 1. The van der Waals surface area contributed by atoms with Crippen LogP contribution in [0.2, 0.25) is 0 Å². The number of carbonyl (C=O) groups is 1. The molecule has 0 saturated carbocycles. The normalized spacial score (nSPS) is 11.3. The number of para-hydroxylation sites is 1. The molecule has 7 nitrogen and oxygen atoms in total. The molecule has 0 fully saturated rings. The number of fused-ring (bicyclic) bond motifs is 1. The predicted molar refractivity (Wildman–Crippen MR) is 120 cm³/mol. The molecule has 31 heavy (non-hydrogen) atoms. The van der Waals surface area contributed by atoms with Crippen molar-refractivity contribution >= 4 is 28.8 Å². The van der Waals surface area contributed by atoms with Gasteiger partial charge >= 0.3 is 0 Å². The maximum Gasteiger partial charge on any atom is 0.249 e. The summed E-state index contributed by atoms with van der Waals surface area (Å²) in [6.07, 6.45) is 4.60. The van der Waals surface area contributed by atoms with Crippen LogP contribution in [0.4, 0.5) is 5.82 Å². The van der Waals surface area contributed by atoms with Crippen LogP contribution < -0.4 is 10.1 Å². The Morgan fingerprint density at radius 3 is 2.74 bits per heavy atom. The fourth-order valence-corrected chi connectivity index (χ4v) is 3.39. The molecule has 0 radical (unpaired) electrons. The summed E-state index contributed by atoms with van der Waals surface area (Å²) >= 11 is 0. The molecule has 0 aliphatic carbocycles. The van der Waals surface area contributed by atoms with Gasteiger partial charge in [0.15, 0.2) is 5.82 Å². The van der Waals surface area contributed by atoms with Crippen LogP contribution in [0.15, 0.2) is 65.1 Å². The van der Waals surface area contributed by atoms with Crippen LogP contribution >= 0.6 is 0 Å². The van der Waals surface area contributed by atoms with Gasteiger partial charge in [-0.15, -0.1) is 5.10 Å². The van der Waals surface area contributed by atoms with E-state index in [1.165, 1.54) is 11.6 Å². The summed E-state index contributed by atoms with van der Waals surface area (Å²) in [4.78, 5) is 12.4. The van der Waals surface area contributed by atoms with E-state index in [9.17, 15) is 4.79 Å². The monoisotopic (exact) mass is 416 g/mol. The van der Waals surface area contributed by atoms with Crippen LogP contribution in [0.5, 0.6) is 5.75 Å². The van der Waals surface area contributed by atoms with E-state index in [-0.39, 0.29) is 5.91 Å². The Hall–Kier alpha value is -3.87. The molecule has 1 N–H and O–H groups in total. The average molecular weight is 416 g/mol. The summed E-state index contributed by atoms with van der Waals surface area (Å²) < 4.78 is 12.7. The Kier molecular flexibility index (Phi) is 6.12. The molecule has 7 heteroatoms. The Morgan fingerprint density at radius 2 is 2.00 bits per heavy atom. The van der Waals surface area contributed by atoms with Crippen LogP contribution in [-0.4, -0.2) is 28.0 Å². The number of anilines is 1. The van der Waals surface area contributed by atoms with Gasteiger partial charge in [-0.3, -0.25) is 4.79 Å². The lowest BCUT2D eigenvalue weighted by molar-refractivity contribution is -0.111. The standard InChI is InChI=1S/C24H24N4O3/c1-3-21-24(26-27-28(21)15-14-17-8-10-19(30-2)11-9-17)25-23(29)13-12-20-16-18-6-4-5-7-22(18)31-20/h4-13,16H,3,14-15H2,1-2H3,(H,25,29). The van der Waals surface area contributed by atoms with Gasteiger partial charge in [-0.05, 0) is 48.7 Å². The number of nitrogens with zero attached hydrogens (tertiary/aromatic N) is 3. The van der Waals surface area contributed by atoms with Crippen molar-refractivity contribution in [1.82, 2.24) is 15.0 Å². The van der Waals surface area contributed by atoms with Gasteiger partial charge in [0.1, 0.15) is 17.1 Å². The molecule has 0 atom stereocenters. The highest BCUT2D eigenvalue weighted by atomic mass is 16.5. The van der Waals surface area contributed by atoms with Gasteiger partial charge in [0.2, 0.25) is 5.91 Å². The molecule has 4 aromatic rings. The molecule has 2 aromatic heterocycles. The summed E-state index contributed by atoms with van der Waals surface area (Å²) in [6.45, 7) is 2.69. The van der Waals surface area contributed by atoms with E-state index in [1.807, 2.05) is 66.2 Å². The van der Waals surface area contributed by atoms with Crippen molar-refractivity contribution in [3.05, 3.63) is 77.7 Å². The Balaban J connectivity index is 1.39. The number of carbonyl (C=O) groups excluding carboxylic acids is 1. The summed E-state index contributed by atoms with van der Waals surface area (Å²) in [6, 6.07) is 17.6. The number of ether oxygens (including phenoxy) is 1. The first kappa shape index (κ1) is 20.4. The highest BCUT2D eigenvalue weighted by molar-refractivity contribution is 6.01. The molecule has 0 spiro atoms. The van der Waals surface area contributed by atoms with Crippen LogP contribution in [0.25, 0.3) is 17.0 Å². The minimum atomic E-state index is -0.280. The molecule has 0 aliphatic rings. The fraction of sp³-hybridized carbons (Fsp3) is 0.208. The lowest BCUT2D eigenvalue weighted by Gasteiger charge is -2.07. The van der Waals surface area contributed by atoms with Gasteiger partial charge in [-0.25, -0.2) is 4.68 Å². The van der Waals surface area contributed by atoms with Crippen LogP contribution in [-0.2, 0) is 24.2 Å². The predicted octanol–water partition coefficient (Wildman–Crippen LogP) is 4.49. The third-order valence-corrected chi connectivity index (χ3v) is 5.03. The van der Waals surface area contributed by atoms with Crippen LogP contribution in [0.1, 0.15) is 23.9 Å². The summed E-state index contributed by atoms with van der Waals surface area (Å²) in [5.74, 6) is 1.66. The van der Waals surface area contributed by atoms with Crippen molar-refractivity contribution in [1.29, 1.82) is 0 Å². The van der Waals surface area contributed by atoms with Crippen molar-refractivity contribution in [3.63, 3.8) is 0 Å². The van der Waals surface area contributed by atoms with Crippen molar-refractivity contribution in [2.45, 2.75) is 26.3 Å². The number of aryl methyl sites for hydroxylation is 2. The second-order valence-electron chi connectivity index (χ2n) is 7.07. The molecule has 0 saturated heterocycles. The Labute approximate surface area is 180 Å². The van der Waals surface area contributed by atoms with Gasteiger partial charge in [0.25, 0.3) is 0 Å². The molecule has 2 heterocycles. The number of aromatic nitrogens is 3. The van der Waals surface area contributed by atoms with Gasteiger partial charge in [0, 0.05) is 18.0 Å². The van der Waals surface area contributed by atoms with Gasteiger partial charge < -0.3 is 14.5 Å². The SMILES string of the molecule is CCc1c(NC(=O)C=Cc2cc3ccccc3o2)nnn1CCc1ccc(OC)cc1. The minimum Gasteiger partial charge on any atom is -0.497 e. The van der Waals surface area contributed by atoms with Crippen molar-refractivity contribution in [2.24, 2.45) is 0 Å². The van der Waals surface area contributed by atoms with E-state index in [0.717, 1.165) is 28.8 Å². The second-order valence-corrected chi connectivity index (χ2v) is 7.07. The quantitative estimate of drug-likeness (QED) is 0.428. The number of hydrogen-bond donors (Lipinski definition) is 1. The first-order valence-electron chi connectivity index (χ1n) is 10.2. The lowest BCUT2D eigenvalue weighted by Crippen LogP contribution is -2.11. The maximum absolute atomic E-state index is 12.4. The molecular formula is C24H24N4O3. The smallest absolute Gasteiger partial charge is 0.249 e. The molecule has 0 unspecified atom stereocenters. The van der Waals surface area contributed by atoms with E-state index >= 15 is 0 Å². The highest BCUT2D eigenvalue weighted by Crippen LogP contribution is 2.20. The van der Waals surface area contributed by atoms with Gasteiger partial charge in [0.05, 0.1) is 12.8 Å². The minimum absolute atomic E-state index is 0.280. The van der Waals surface area contributed by atoms with Crippen LogP contribution in [0.3, 0.4) is 0 Å². The number of rotatable bonds is 8. The zero-order valence-electron chi connectivity index (χ0n) is 17.5. The first-order valence-corrected chi connectivity index (χ1v) is 10.2. The Bertz CT molecular complexity index is 1170. The summed E-state index contributed by atoms with van der Waals surface area (Å²) in [5, 5.41) is 12.2. The molecule has 4 rings (SSSR count). The largest absolute Gasteiger partial charge is 0.497 e. The molecular weight excluding hydrogens is 392 g/mol. The van der Waals surface area contributed by atoms with Gasteiger partial charge in [-0.2, -0.15) is 0 Å². The van der Waals surface area contributed by atoms with Crippen LogP contribution in [0, 0.1) is 0 Å². The maximum atomic E-state index is 12.4. The van der Waals surface area contributed by atoms with Crippen molar-refractivity contribution < 1.29 is 13.9 Å². The average Bonchev–Trinajstić information content (AvgIpc) is 3.39. The molecule has 1 amide bonds. The van der Waals surface area contributed by atoms with Crippen molar-refractivity contribution in [3.8, 4) is 5.75 Å². The third kappa shape index (κ3) is 4.83. The van der Waals surface area contributed by atoms with E-state index in [4.69, 9.17) is 9.15 Å². The zero-order chi connectivity index (χ0) is 21.6. The number of methoxy groups -OCH3 is 1. The number of hydrogen-bond acceptors (Lipinski definition) is 5. The zero-order valence-corrected chi connectivity index (χ0v) is 17.5. The molecule has 0 bridgehead atoms. The third-order valence-electron chi connectivity index (χ3n) is 5.03. The first-order chi connectivity index (χ1) is 15.2. The number of furan rings is 1. The molecule has 2 aromatic carbocycles. The van der Waals surface area contributed by atoms with Crippen molar-refractivity contribution in [2.75, 3.05) is 12.4 Å². The summed E-state index contributed by atoms with van der Waals surface area (Å²) in [7, 11) is 1.65. The molecule has 0 aliphatic heterocycles. The highest BCUT2D eigenvalue weighted by Gasteiger charge is 2.13. The van der Waals surface area contributed by atoms with Gasteiger partial charge in [-0.1, -0.05) is 42.5 Å². The second kappa shape index (κ2) is 9.30. The van der Waals surface area contributed by atoms with E-state index < -0.39 is 0 Å². The van der Waals surface area contributed by atoms with E-state index in [0.29, 0.717) is 24.5 Å². The lowest BCUT2D eigenvalue weighted by atomic mass is 10.1. The topological polar surface area (TPSA) is 82.2 Å². The number of nitrogens with one attached hydrogen (secondary N) is 1. The number of benzene rings is 2. The van der Waals surface area contributed by atoms with E-state index in [2.05, 4.69) is 15.6 Å². The van der Waals surface area contributed by atoms with E-state index in [1.54, 1.807) is 13.2 Å². The molecule has 158 valence electrons. The fourth-order valence-electron chi connectivity index (χ4n) is 3.39. The Morgan fingerprint density at radius 1 is 1.19 bits per heavy atom.